The van der Waals surface area contributed by atoms with E-state index in [2.05, 4.69) is 5.32 Å². The number of nitrogens with one attached hydrogen (secondary N) is 1. The molecule has 1 aromatic heterocycles. The minimum absolute atomic E-state index is 0.0984. The van der Waals surface area contributed by atoms with Gasteiger partial charge in [-0.25, -0.2) is 9.59 Å². The van der Waals surface area contributed by atoms with Crippen LogP contribution in [-0.2, 0) is 22.6 Å². The molecule has 1 unspecified atom stereocenters. The maximum Gasteiger partial charge on any atom is 0.408 e. The Labute approximate surface area is 206 Å². The van der Waals surface area contributed by atoms with Crippen LogP contribution >= 0.6 is 0 Å². The molecule has 6 nitrogen and oxygen atoms in total. The molecule has 4 aromatic rings. The van der Waals surface area contributed by atoms with Crippen LogP contribution in [-0.4, -0.2) is 23.2 Å². The average molecular weight is 476 g/mol. The smallest absolute Gasteiger partial charge is 0.408 e. The first kappa shape index (κ1) is 27.2. The average Bonchev–Trinajstić information content (AvgIpc) is 3.33. The second-order valence-corrected chi connectivity index (χ2v) is 7.13. The third kappa shape index (κ3) is 8.03. The third-order valence-electron chi connectivity index (χ3n) is 4.89. The number of alkyl carbamates (subject to hydrolysis) is 1. The lowest BCUT2D eigenvalue weighted by Crippen LogP contribution is -2.42. The topological polar surface area (TPSA) is 88.8 Å². The maximum absolute atomic E-state index is 12.1. The highest BCUT2D eigenvalue weighted by Gasteiger charge is 2.21. The van der Waals surface area contributed by atoms with Gasteiger partial charge in [-0.2, -0.15) is 0 Å². The normalized spacial score (nSPS) is 10.7. The summed E-state index contributed by atoms with van der Waals surface area (Å²) in [6.45, 7) is 7.90. The van der Waals surface area contributed by atoms with Gasteiger partial charge in [0.2, 0.25) is 0 Å². The van der Waals surface area contributed by atoms with E-state index >= 15 is 0 Å². The highest BCUT2D eigenvalue weighted by atomic mass is 16.6. The van der Waals surface area contributed by atoms with Crippen molar-refractivity contribution in [1.29, 1.82) is 0 Å². The summed E-state index contributed by atoms with van der Waals surface area (Å²) < 4.78 is 10.9. The van der Waals surface area contributed by atoms with Crippen molar-refractivity contribution in [3.05, 3.63) is 96.3 Å². The number of carboxylic acids is 1. The predicted molar refractivity (Wildman–Crippen MR) is 139 cm³/mol. The number of fused-ring (bicyclic) bond motifs is 1. The lowest BCUT2D eigenvalue weighted by atomic mass is 10.0. The van der Waals surface area contributed by atoms with Crippen molar-refractivity contribution in [1.82, 2.24) is 5.32 Å². The van der Waals surface area contributed by atoms with Crippen LogP contribution in [0, 0.1) is 0 Å². The van der Waals surface area contributed by atoms with Crippen molar-refractivity contribution in [3.8, 4) is 11.1 Å². The SMILES string of the molecule is CC.CC.O=C(NC(Cc1ccccc1)C(=O)O)OCc1cc2cc(-c3ccccc3)ccc2o1. The van der Waals surface area contributed by atoms with Crippen molar-refractivity contribution in [2.45, 2.75) is 46.8 Å². The van der Waals surface area contributed by atoms with Crippen molar-refractivity contribution in [2.24, 2.45) is 0 Å². The molecule has 0 radical (unpaired) electrons. The van der Waals surface area contributed by atoms with E-state index in [4.69, 9.17) is 9.15 Å². The van der Waals surface area contributed by atoms with Crippen LogP contribution in [0.1, 0.15) is 39.0 Å². The molecule has 0 aliphatic carbocycles. The molecule has 6 heteroatoms. The molecule has 0 spiro atoms. The first-order valence-corrected chi connectivity index (χ1v) is 11.9. The Kier molecular flexibility index (Phi) is 11.1. The number of ether oxygens (including phenoxy) is 1. The van der Waals surface area contributed by atoms with Crippen molar-refractivity contribution in [3.63, 3.8) is 0 Å². The van der Waals surface area contributed by atoms with Crippen LogP contribution in [0.25, 0.3) is 22.1 Å². The molecule has 1 atom stereocenters. The zero-order valence-corrected chi connectivity index (χ0v) is 20.7. The molecule has 2 N–H and O–H groups in total. The number of benzene rings is 3. The fourth-order valence-corrected chi connectivity index (χ4v) is 3.35. The molecule has 4 rings (SSSR count). The van der Waals surface area contributed by atoms with Gasteiger partial charge < -0.3 is 19.6 Å². The van der Waals surface area contributed by atoms with Crippen LogP contribution in [0.5, 0.6) is 0 Å². The van der Waals surface area contributed by atoms with E-state index in [1.165, 1.54) is 0 Å². The van der Waals surface area contributed by atoms with Crippen molar-refractivity contribution in [2.75, 3.05) is 0 Å². The number of hydrogen-bond donors (Lipinski definition) is 2. The number of hydrogen-bond acceptors (Lipinski definition) is 4. The fourth-order valence-electron chi connectivity index (χ4n) is 3.35. The molecular formula is C29H33NO5. The Morgan fingerprint density at radius 3 is 2.11 bits per heavy atom. The molecule has 1 heterocycles. The zero-order valence-electron chi connectivity index (χ0n) is 20.7. The minimum atomic E-state index is -1.13. The first-order valence-electron chi connectivity index (χ1n) is 11.9. The van der Waals surface area contributed by atoms with Gasteiger partial charge in [0.15, 0.2) is 6.61 Å². The van der Waals surface area contributed by atoms with Crippen molar-refractivity contribution < 1.29 is 23.8 Å². The summed E-state index contributed by atoms with van der Waals surface area (Å²) in [7, 11) is 0. The second kappa shape index (κ2) is 14.3. The second-order valence-electron chi connectivity index (χ2n) is 7.13. The summed E-state index contributed by atoms with van der Waals surface area (Å²) in [4.78, 5) is 23.6. The van der Waals surface area contributed by atoms with E-state index in [1.54, 1.807) is 12.1 Å². The van der Waals surface area contributed by atoms with Crippen LogP contribution < -0.4 is 5.32 Å². The Balaban J connectivity index is 0.00000103. The largest absolute Gasteiger partial charge is 0.480 e. The lowest BCUT2D eigenvalue weighted by Gasteiger charge is -2.14. The Morgan fingerprint density at radius 2 is 1.49 bits per heavy atom. The van der Waals surface area contributed by atoms with E-state index in [1.807, 2.05) is 100 Å². The molecule has 0 saturated heterocycles. The minimum Gasteiger partial charge on any atom is -0.480 e. The molecule has 0 aliphatic rings. The molecule has 1 amide bonds. The van der Waals surface area contributed by atoms with Gasteiger partial charge in [-0.1, -0.05) is 94.4 Å². The van der Waals surface area contributed by atoms with Gasteiger partial charge >= 0.3 is 12.1 Å². The number of rotatable bonds is 7. The van der Waals surface area contributed by atoms with Gasteiger partial charge in [0.05, 0.1) is 0 Å². The van der Waals surface area contributed by atoms with Gasteiger partial charge in [0.25, 0.3) is 0 Å². The molecule has 3 aromatic carbocycles. The number of carbonyl (C=O) groups is 2. The predicted octanol–water partition coefficient (Wildman–Crippen LogP) is 7.07. The molecule has 35 heavy (non-hydrogen) atoms. The summed E-state index contributed by atoms with van der Waals surface area (Å²) in [5.74, 6) is -0.650. The number of carbonyl (C=O) groups excluding carboxylic acids is 1. The van der Waals surface area contributed by atoms with E-state index in [-0.39, 0.29) is 13.0 Å². The Morgan fingerprint density at radius 1 is 0.857 bits per heavy atom. The molecule has 0 bridgehead atoms. The van der Waals surface area contributed by atoms with E-state index < -0.39 is 18.1 Å². The standard InChI is InChI=1S/C25H21NO5.2C2H6/c27-24(28)22(13-17-7-3-1-4-8-17)26-25(29)30-16-21-15-20-14-19(11-12-23(20)31-21)18-9-5-2-6-10-18;2*1-2/h1-12,14-15,22H,13,16H2,(H,26,29)(H,27,28);2*1-2H3. The van der Waals surface area contributed by atoms with Gasteiger partial charge in [0, 0.05) is 11.8 Å². The molecule has 0 fully saturated rings. The van der Waals surface area contributed by atoms with E-state index in [9.17, 15) is 14.7 Å². The van der Waals surface area contributed by atoms with Gasteiger partial charge in [-0.05, 0) is 34.9 Å². The quantitative estimate of drug-likeness (QED) is 0.298. The monoisotopic (exact) mass is 475 g/mol. The number of aliphatic carboxylic acids is 1. The molecule has 0 aliphatic heterocycles. The Hall–Kier alpha value is -4.06. The summed E-state index contributed by atoms with van der Waals surface area (Å²) in [5, 5.41) is 12.7. The summed E-state index contributed by atoms with van der Waals surface area (Å²) >= 11 is 0. The van der Waals surface area contributed by atoms with E-state index in [0.29, 0.717) is 11.3 Å². The van der Waals surface area contributed by atoms with Crippen molar-refractivity contribution >= 4 is 23.0 Å². The lowest BCUT2D eigenvalue weighted by molar-refractivity contribution is -0.139. The molecular weight excluding hydrogens is 442 g/mol. The number of carboxylic acid groups (broad SMARTS) is 1. The zero-order chi connectivity index (χ0) is 25.6. The number of furan rings is 1. The van der Waals surface area contributed by atoms with Crippen LogP contribution in [0.4, 0.5) is 4.79 Å². The Bertz CT molecular complexity index is 1190. The molecule has 184 valence electrons. The highest BCUT2D eigenvalue weighted by molar-refractivity contribution is 5.84. The fraction of sp³-hybridized carbons (Fsp3) is 0.241. The van der Waals surface area contributed by atoms with Crippen LogP contribution in [0.15, 0.2) is 89.3 Å². The van der Waals surface area contributed by atoms with E-state index in [0.717, 1.165) is 22.1 Å². The number of amides is 1. The maximum atomic E-state index is 12.1. The summed E-state index contributed by atoms with van der Waals surface area (Å²) in [6.07, 6.45) is -0.646. The van der Waals surface area contributed by atoms with Gasteiger partial charge in [0.1, 0.15) is 17.4 Å². The van der Waals surface area contributed by atoms with Crippen LogP contribution in [0.3, 0.4) is 0 Å². The summed E-state index contributed by atoms with van der Waals surface area (Å²) in [5.41, 5.74) is 3.65. The summed E-state index contributed by atoms with van der Waals surface area (Å²) in [6, 6.07) is 25.7. The van der Waals surface area contributed by atoms with Crippen LogP contribution in [0.2, 0.25) is 0 Å². The van der Waals surface area contributed by atoms with Gasteiger partial charge in [-0.15, -0.1) is 0 Å². The highest BCUT2D eigenvalue weighted by Crippen LogP contribution is 2.27. The third-order valence-corrected chi connectivity index (χ3v) is 4.89. The molecule has 0 saturated carbocycles. The first-order chi connectivity index (χ1) is 17.1. The van der Waals surface area contributed by atoms with Gasteiger partial charge in [-0.3, -0.25) is 0 Å².